The van der Waals surface area contributed by atoms with E-state index in [0.29, 0.717) is 26.1 Å². The molecule has 6 nitrogen and oxygen atoms in total. The zero-order valence-electron chi connectivity index (χ0n) is 17.1. The lowest BCUT2D eigenvalue weighted by Gasteiger charge is -2.23. The summed E-state index contributed by atoms with van der Waals surface area (Å²) in [5.41, 5.74) is 2.12. The van der Waals surface area contributed by atoms with Crippen LogP contribution in [0.1, 0.15) is 43.2 Å². The molecule has 7 heteroatoms. The Bertz CT molecular complexity index is 706. The Morgan fingerprint density at radius 2 is 2.07 bits per heavy atom. The molecule has 1 saturated heterocycles. The van der Waals surface area contributed by atoms with E-state index >= 15 is 0 Å². The SMILES string of the molecule is O=C(O)CC1Cc2cc(OCCCC3CCNCC3)ccc2CN(CCP)C1=O. The largest absolute Gasteiger partial charge is 0.494 e. The van der Waals surface area contributed by atoms with Gasteiger partial charge in [-0.05, 0) is 80.5 Å². The molecule has 1 fully saturated rings. The molecule has 2 aliphatic heterocycles. The van der Waals surface area contributed by atoms with E-state index in [4.69, 9.17) is 4.74 Å². The van der Waals surface area contributed by atoms with Gasteiger partial charge in [-0.1, -0.05) is 6.07 Å². The lowest BCUT2D eigenvalue weighted by molar-refractivity contribution is -0.144. The molecule has 0 spiro atoms. The summed E-state index contributed by atoms with van der Waals surface area (Å²) in [5, 5.41) is 12.6. The summed E-state index contributed by atoms with van der Waals surface area (Å²) in [6.45, 7) is 4.10. The average molecular weight is 420 g/mol. The van der Waals surface area contributed by atoms with Crippen LogP contribution in [0.25, 0.3) is 0 Å². The quantitative estimate of drug-likeness (QED) is 0.474. The third-order valence-corrected chi connectivity index (χ3v) is 6.23. The Labute approximate surface area is 175 Å². The van der Waals surface area contributed by atoms with E-state index in [1.165, 1.54) is 19.3 Å². The molecule has 1 aromatic rings. The normalized spacial score (nSPS) is 20.2. The Morgan fingerprint density at radius 1 is 1.28 bits per heavy atom. The van der Waals surface area contributed by atoms with Crippen LogP contribution in [0.15, 0.2) is 18.2 Å². The molecule has 29 heavy (non-hydrogen) atoms. The minimum atomic E-state index is -0.928. The van der Waals surface area contributed by atoms with Gasteiger partial charge in [-0.25, -0.2) is 0 Å². The van der Waals surface area contributed by atoms with E-state index in [9.17, 15) is 14.7 Å². The maximum atomic E-state index is 12.8. The van der Waals surface area contributed by atoms with Crippen molar-refractivity contribution in [2.45, 2.75) is 45.1 Å². The molecule has 0 bridgehead atoms. The minimum absolute atomic E-state index is 0.0597. The molecule has 1 amide bonds. The first kappa shape index (κ1) is 22.0. The predicted octanol–water partition coefficient (Wildman–Crippen LogP) is 2.70. The summed E-state index contributed by atoms with van der Waals surface area (Å²) >= 11 is 0. The molecular weight excluding hydrogens is 387 g/mol. The number of nitrogens with zero attached hydrogens (tertiary/aromatic N) is 1. The highest BCUT2D eigenvalue weighted by Gasteiger charge is 2.31. The molecule has 3 rings (SSSR count). The molecule has 2 atom stereocenters. The van der Waals surface area contributed by atoms with Gasteiger partial charge in [0.05, 0.1) is 18.9 Å². The van der Waals surface area contributed by atoms with Crippen LogP contribution in [0.3, 0.4) is 0 Å². The van der Waals surface area contributed by atoms with Crippen molar-refractivity contribution >= 4 is 21.1 Å². The van der Waals surface area contributed by atoms with Gasteiger partial charge in [0.1, 0.15) is 5.75 Å². The highest BCUT2D eigenvalue weighted by Crippen LogP contribution is 2.28. The average Bonchev–Trinajstić information content (AvgIpc) is 2.83. The molecule has 2 aliphatic rings. The van der Waals surface area contributed by atoms with Crippen LogP contribution in [0.4, 0.5) is 0 Å². The topological polar surface area (TPSA) is 78.9 Å². The van der Waals surface area contributed by atoms with Crippen LogP contribution >= 0.6 is 9.24 Å². The molecule has 0 radical (unpaired) electrons. The number of nitrogens with one attached hydrogen (secondary N) is 1. The van der Waals surface area contributed by atoms with Crippen molar-refractivity contribution in [3.63, 3.8) is 0 Å². The Balaban J connectivity index is 1.62. The van der Waals surface area contributed by atoms with Gasteiger partial charge in [0.2, 0.25) is 5.91 Å². The van der Waals surface area contributed by atoms with Crippen molar-refractivity contribution in [1.82, 2.24) is 10.2 Å². The fraction of sp³-hybridized carbons (Fsp3) is 0.636. The van der Waals surface area contributed by atoms with Crippen LogP contribution in [0.5, 0.6) is 5.75 Å². The summed E-state index contributed by atoms with van der Waals surface area (Å²) < 4.78 is 5.99. The lowest BCUT2D eigenvalue weighted by Crippen LogP contribution is -2.36. The van der Waals surface area contributed by atoms with Crippen molar-refractivity contribution in [2.75, 3.05) is 32.4 Å². The Morgan fingerprint density at radius 3 is 2.79 bits per heavy atom. The second kappa shape index (κ2) is 10.9. The van der Waals surface area contributed by atoms with Crippen LogP contribution in [-0.2, 0) is 22.6 Å². The van der Waals surface area contributed by atoms with Crippen LogP contribution in [-0.4, -0.2) is 54.3 Å². The third-order valence-electron chi connectivity index (χ3n) is 5.97. The summed E-state index contributed by atoms with van der Waals surface area (Å²) in [7, 11) is 2.64. The lowest BCUT2D eigenvalue weighted by atomic mass is 9.93. The number of carboxylic acids is 1. The second-order valence-corrected chi connectivity index (χ2v) is 8.74. The minimum Gasteiger partial charge on any atom is -0.494 e. The van der Waals surface area contributed by atoms with Crippen molar-refractivity contribution in [2.24, 2.45) is 11.8 Å². The molecule has 160 valence electrons. The number of hydrogen-bond donors (Lipinski definition) is 2. The molecule has 2 unspecified atom stereocenters. The van der Waals surface area contributed by atoms with Gasteiger partial charge in [-0.2, -0.15) is 0 Å². The van der Waals surface area contributed by atoms with Crippen molar-refractivity contribution in [3.8, 4) is 5.75 Å². The molecular formula is C22H33N2O4P. The zero-order valence-corrected chi connectivity index (χ0v) is 18.2. The van der Waals surface area contributed by atoms with E-state index in [2.05, 4.69) is 14.6 Å². The van der Waals surface area contributed by atoms with Gasteiger partial charge in [0, 0.05) is 13.1 Å². The molecule has 0 aromatic heterocycles. The molecule has 2 N–H and O–H groups in total. The highest BCUT2D eigenvalue weighted by molar-refractivity contribution is 7.16. The van der Waals surface area contributed by atoms with Crippen LogP contribution in [0.2, 0.25) is 0 Å². The smallest absolute Gasteiger partial charge is 0.304 e. The second-order valence-electron chi connectivity index (χ2n) is 8.16. The Kier molecular flexibility index (Phi) is 8.31. The first-order valence-electron chi connectivity index (χ1n) is 10.7. The number of piperidine rings is 1. The van der Waals surface area contributed by atoms with Gasteiger partial charge in [-0.15, -0.1) is 9.24 Å². The molecule has 1 aromatic carbocycles. The highest BCUT2D eigenvalue weighted by atomic mass is 31.0. The number of rotatable bonds is 9. The van der Waals surface area contributed by atoms with Crippen molar-refractivity contribution in [3.05, 3.63) is 29.3 Å². The van der Waals surface area contributed by atoms with Gasteiger partial charge in [0.15, 0.2) is 0 Å². The first-order valence-corrected chi connectivity index (χ1v) is 11.5. The number of carboxylic acid groups (broad SMARTS) is 1. The number of amides is 1. The van der Waals surface area contributed by atoms with E-state index in [0.717, 1.165) is 48.5 Å². The van der Waals surface area contributed by atoms with E-state index in [-0.39, 0.29) is 12.3 Å². The van der Waals surface area contributed by atoms with Gasteiger partial charge in [0.25, 0.3) is 0 Å². The standard InChI is InChI=1S/C22H33N2O4P/c25-21(26)14-19-12-18-13-20(28-10-1-2-16-5-7-23-8-6-16)4-3-17(18)15-24(9-11-29)22(19)27/h3-4,13,16,19,23H,1-2,5-12,14-15,29H2,(H,25,26). The number of ether oxygens (including phenoxy) is 1. The van der Waals surface area contributed by atoms with Crippen LogP contribution < -0.4 is 10.1 Å². The number of carbonyl (C=O) groups excluding carboxylic acids is 1. The summed E-state index contributed by atoms with van der Waals surface area (Å²) in [6.07, 6.45) is 5.86. The van der Waals surface area contributed by atoms with Crippen molar-refractivity contribution < 1.29 is 19.4 Å². The molecule has 2 heterocycles. The zero-order chi connectivity index (χ0) is 20.6. The molecule has 0 aliphatic carbocycles. The van der Waals surface area contributed by atoms with E-state index in [1.807, 2.05) is 18.2 Å². The number of fused-ring (bicyclic) bond motifs is 1. The van der Waals surface area contributed by atoms with E-state index in [1.54, 1.807) is 4.90 Å². The monoisotopic (exact) mass is 420 g/mol. The third kappa shape index (κ3) is 6.42. The van der Waals surface area contributed by atoms with Crippen molar-refractivity contribution in [1.29, 1.82) is 0 Å². The maximum absolute atomic E-state index is 12.8. The number of carbonyl (C=O) groups is 2. The summed E-state index contributed by atoms with van der Waals surface area (Å²) in [5.74, 6) is 0.117. The fourth-order valence-electron chi connectivity index (χ4n) is 4.38. The van der Waals surface area contributed by atoms with E-state index < -0.39 is 11.9 Å². The number of hydrogen-bond acceptors (Lipinski definition) is 4. The van der Waals surface area contributed by atoms with Gasteiger partial charge >= 0.3 is 5.97 Å². The number of benzene rings is 1. The predicted molar refractivity (Wildman–Crippen MR) is 116 cm³/mol. The first-order chi connectivity index (χ1) is 14.1. The van der Waals surface area contributed by atoms with Gasteiger partial charge in [-0.3, -0.25) is 9.59 Å². The Hall–Kier alpha value is -1.65. The van der Waals surface area contributed by atoms with Crippen LogP contribution in [0, 0.1) is 11.8 Å². The summed E-state index contributed by atoms with van der Waals surface area (Å²) in [4.78, 5) is 25.9. The molecule has 0 saturated carbocycles. The fourth-order valence-corrected chi connectivity index (χ4v) is 4.69. The van der Waals surface area contributed by atoms with Gasteiger partial charge < -0.3 is 20.1 Å². The maximum Gasteiger partial charge on any atom is 0.304 e. The summed E-state index contributed by atoms with van der Waals surface area (Å²) in [6, 6.07) is 6.01. The number of aliphatic carboxylic acids is 1.